The van der Waals surface area contributed by atoms with E-state index in [0.29, 0.717) is 11.3 Å². The lowest BCUT2D eigenvalue weighted by Gasteiger charge is -2.15. The Labute approximate surface area is 173 Å². The van der Waals surface area contributed by atoms with Gasteiger partial charge in [0.25, 0.3) is 11.8 Å². The number of aromatic nitrogens is 1. The lowest BCUT2D eigenvalue weighted by atomic mass is 10.0. The largest absolute Gasteiger partial charge is 0.350 e. The first kappa shape index (κ1) is 19.5. The standard InChI is InChI=1S/C24H20FN3O2/c1-2-16-5-11-20(12-6-16)27-22-21(18-7-9-19(25)10-8-18)23(29)28(24(22)30)15-17-4-3-13-26-14-17/h3-14,27H,2,15H2,1H3. The maximum atomic E-state index is 13.4. The molecule has 0 saturated carbocycles. The minimum atomic E-state index is -0.428. The number of hydrogen-bond donors (Lipinski definition) is 1. The lowest BCUT2D eigenvalue weighted by Crippen LogP contribution is -2.32. The number of amides is 2. The molecule has 0 saturated heterocycles. The van der Waals surface area contributed by atoms with Gasteiger partial charge in [0, 0.05) is 18.1 Å². The van der Waals surface area contributed by atoms with Crippen molar-refractivity contribution in [1.82, 2.24) is 9.88 Å². The molecule has 0 fully saturated rings. The molecule has 0 radical (unpaired) electrons. The smallest absolute Gasteiger partial charge is 0.278 e. The fourth-order valence-electron chi connectivity index (χ4n) is 3.36. The van der Waals surface area contributed by atoms with Gasteiger partial charge in [0.15, 0.2) is 0 Å². The van der Waals surface area contributed by atoms with Crippen LogP contribution >= 0.6 is 0 Å². The molecular weight excluding hydrogens is 381 g/mol. The highest BCUT2D eigenvalue weighted by Gasteiger charge is 2.39. The van der Waals surface area contributed by atoms with Gasteiger partial charge in [-0.15, -0.1) is 0 Å². The summed E-state index contributed by atoms with van der Waals surface area (Å²) in [6.45, 7) is 2.17. The molecule has 2 heterocycles. The summed E-state index contributed by atoms with van der Waals surface area (Å²) in [6.07, 6.45) is 4.15. The first-order chi connectivity index (χ1) is 14.6. The lowest BCUT2D eigenvalue weighted by molar-refractivity contribution is -0.137. The van der Waals surface area contributed by atoms with Crippen molar-refractivity contribution in [2.45, 2.75) is 19.9 Å². The summed E-state index contributed by atoms with van der Waals surface area (Å²) in [5, 5.41) is 3.11. The fraction of sp³-hybridized carbons (Fsp3) is 0.125. The Balaban J connectivity index is 1.72. The van der Waals surface area contributed by atoms with Crippen LogP contribution in [0, 0.1) is 5.82 Å². The SMILES string of the molecule is CCc1ccc(NC2=C(c3ccc(F)cc3)C(=O)N(Cc3cccnc3)C2=O)cc1. The predicted octanol–water partition coefficient (Wildman–Crippen LogP) is 4.18. The van der Waals surface area contributed by atoms with Gasteiger partial charge in [-0.2, -0.15) is 0 Å². The molecule has 1 aliphatic heterocycles. The van der Waals surface area contributed by atoms with Crippen LogP contribution in [0.2, 0.25) is 0 Å². The zero-order valence-electron chi connectivity index (χ0n) is 16.4. The summed E-state index contributed by atoms with van der Waals surface area (Å²) < 4.78 is 13.4. The van der Waals surface area contributed by atoms with Crippen molar-refractivity contribution in [3.8, 4) is 0 Å². The van der Waals surface area contributed by atoms with Crippen molar-refractivity contribution in [3.63, 3.8) is 0 Å². The first-order valence-corrected chi connectivity index (χ1v) is 9.68. The van der Waals surface area contributed by atoms with Gasteiger partial charge in [0.05, 0.1) is 12.1 Å². The normalized spacial score (nSPS) is 13.9. The zero-order chi connectivity index (χ0) is 21.1. The highest BCUT2D eigenvalue weighted by Crippen LogP contribution is 2.31. The van der Waals surface area contributed by atoms with E-state index in [1.54, 1.807) is 24.5 Å². The van der Waals surface area contributed by atoms with Crippen LogP contribution in [-0.2, 0) is 22.6 Å². The van der Waals surface area contributed by atoms with Crippen LogP contribution in [0.4, 0.5) is 10.1 Å². The number of imide groups is 1. The number of carbonyl (C=O) groups excluding carboxylic acids is 2. The van der Waals surface area contributed by atoms with Crippen molar-refractivity contribution >= 4 is 23.1 Å². The number of halogens is 1. The molecule has 30 heavy (non-hydrogen) atoms. The average Bonchev–Trinajstić information content (AvgIpc) is 3.00. The van der Waals surface area contributed by atoms with E-state index in [2.05, 4.69) is 17.2 Å². The van der Waals surface area contributed by atoms with Gasteiger partial charge in [0.1, 0.15) is 11.5 Å². The van der Waals surface area contributed by atoms with Gasteiger partial charge < -0.3 is 5.32 Å². The molecule has 4 rings (SSSR count). The molecule has 5 nitrogen and oxygen atoms in total. The van der Waals surface area contributed by atoms with Crippen molar-refractivity contribution in [3.05, 3.63) is 101 Å². The van der Waals surface area contributed by atoms with E-state index in [9.17, 15) is 14.0 Å². The number of benzene rings is 2. The zero-order valence-corrected chi connectivity index (χ0v) is 16.4. The van der Waals surface area contributed by atoms with Crippen LogP contribution in [0.5, 0.6) is 0 Å². The van der Waals surface area contributed by atoms with Crippen molar-refractivity contribution < 1.29 is 14.0 Å². The second-order valence-corrected chi connectivity index (χ2v) is 6.99. The Morgan fingerprint density at radius 2 is 1.67 bits per heavy atom. The fourth-order valence-corrected chi connectivity index (χ4v) is 3.36. The number of pyridine rings is 1. The van der Waals surface area contributed by atoms with Gasteiger partial charge in [-0.3, -0.25) is 19.5 Å². The van der Waals surface area contributed by atoms with Crippen LogP contribution in [0.25, 0.3) is 5.57 Å². The van der Waals surface area contributed by atoms with Gasteiger partial charge in [-0.05, 0) is 53.4 Å². The highest BCUT2D eigenvalue weighted by atomic mass is 19.1. The topological polar surface area (TPSA) is 62.3 Å². The summed E-state index contributed by atoms with van der Waals surface area (Å²) >= 11 is 0. The summed E-state index contributed by atoms with van der Waals surface area (Å²) in [5.74, 6) is -1.26. The molecule has 1 N–H and O–H groups in total. The predicted molar refractivity (Wildman–Crippen MR) is 113 cm³/mol. The van der Waals surface area contributed by atoms with Gasteiger partial charge in [-0.25, -0.2) is 4.39 Å². The Kier molecular flexibility index (Phi) is 5.39. The number of rotatable bonds is 6. The number of hydrogen-bond acceptors (Lipinski definition) is 4. The Hall–Kier alpha value is -3.80. The van der Waals surface area contributed by atoms with E-state index in [4.69, 9.17) is 0 Å². The molecule has 0 atom stereocenters. The summed E-state index contributed by atoms with van der Waals surface area (Å²) in [5.41, 5.74) is 3.50. The molecule has 0 spiro atoms. The van der Waals surface area contributed by atoms with E-state index in [0.717, 1.165) is 12.0 Å². The van der Waals surface area contributed by atoms with Crippen molar-refractivity contribution in [2.24, 2.45) is 0 Å². The van der Waals surface area contributed by atoms with E-state index in [1.807, 2.05) is 24.3 Å². The van der Waals surface area contributed by atoms with Gasteiger partial charge in [-0.1, -0.05) is 37.3 Å². The monoisotopic (exact) mass is 401 g/mol. The van der Waals surface area contributed by atoms with Crippen LogP contribution in [0.3, 0.4) is 0 Å². The van der Waals surface area contributed by atoms with Crippen LogP contribution in [0.1, 0.15) is 23.6 Å². The van der Waals surface area contributed by atoms with E-state index in [1.165, 1.54) is 34.7 Å². The third-order valence-corrected chi connectivity index (χ3v) is 5.00. The van der Waals surface area contributed by atoms with Crippen LogP contribution in [-0.4, -0.2) is 21.7 Å². The molecule has 2 amide bonds. The molecule has 150 valence electrons. The van der Waals surface area contributed by atoms with Gasteiger partial charge >= 0.3 is 0 Å². The van der Waals surface area contributed by atoms with Crippen molar-refractivity contribution in [2.75, 3.05) is 5.32 Å². The Morgan fingerprint density at radius 1 is 0.933 bits per heavy atom. The quantitative estimate of drug-likeness (QED) is 0.630. The molecule has 2 aromatic carbocycles. The Morgan fingerprint density at radius 3 is 2.30 bits per heavy atom. The molecule has 1 aromatic heterocycles. The minimum Gasteiger partial charge on any atom is -0.350 e. The number of carbonyl (C=O) groups is 2. The number of nitrogens with zero attached hydrogens (tertiary/aromatic N) is 2. The molecule has 3 aromatic rings. The van der Waals surface area contributed by atoms with Crippen molar-refractivity contribution in [1.29, 1.82) is 0 Å². The maximum absolute atomic E-state index is 13.4. The number of nitrogens with one attached hydrogen (secondary N) is 1. The molecule has 0 bridgehead atoms. The second kappa shape index (κ2) is 8.29. The third-order valence-electron chi connectivity index (χ3n) is 5.00. The summed E-state index contributed by atoms with van der Waals surface area (Å²) in [7, 11) is 0. The van der Waals surface area contributed by atoms with E-state index >= 15 is 0 Å². The summed E-state index contributed by atoms with van der Waals surface area (Å²) in [4.78, 5) is 31.6. The van der Waals surface area contributed by atoms with E-state index in [-0.39, 0.29) is 17.8 Å². The molecule has 6 heteroatoms. The Bertz CT molecular complexity index is 1110. The molecule has 0 aliphatic carbocycles. The minimum absolute atomic E-state index is 0.107. The molecular formula is C24H20FN3O2. The first-order valence-electron chi connectivity index (χ1n) is 9.68. The summed E-state index contributed by atoms with van der Waals surface area (Å²) in [6, 6.07) is 16.8. The molecule has 1 aliphatic rings. The number of aryl methyl sites for hydroxylation is 1. The maximum Gasteiger partial charge on any atom is 0.278 e. The molecule has 0 unspecified atom stereocenters. The number of anilines is 1. The van der Waals surface area contributed by atoms with E-state index < -0.39 is 17.6 Å². The average molecular weight is 401 g/mol. The van der Waals surface area contributed by atoms with Crippen LogP contribution < -0.4 is 5.32 Å². The van der Waals surface area contributed by atoms with Crippen LogP contribution in [0.15, 0.2) is 78.8 Å². The van der Waals surface area contributed by atoms with Gasteiger partial charge in [0.2, 0.25) is 0 Å². The third kappa shape index (κ3) is 3.85. The highest BCUT2D eigenvalue weighted by molar-refractivity contribution is 6.36. The second-order valence-electron chi connectivity index (χ2n) is 6.99.